The van der Waals surface area contributed by atoms with Crippen LogP contribution in [-0.4, -0.2) is 22.7 Å². The number of esters is 1. The number of hydrogen-bond donors (Lipinski definition) is 1. The minimum atomic E-state index is -0.874. The minimum Gasteiger partial charge on any atom is -0.462 e. The Morgan fingerprint density at radius 2 is 1.85 bits per heavy atom. The standard InChI is InChI=1S/C22H20ClNO3/c1-3-27-22(26)17-11-7-6-10-16(17)20-12-19(23)18(13-24-20)21(25)15-9-5-4-8-14(15)2/h4-13,21,25H,3H2,1-2H3. The van der Waals surface area contributed by atoms with Crippen molar-refractivity contribution in [3.63, 3.8) is 0 Å². The smallest absolute Gasteiger partial charge is 0.338 e. The number of benzene rings is 2. The molecule has 0 saturated heterocycles. The normalized spacial score (nSPS) is 11.9. The predicted octanol–water partition coefficient (Wildman–Crippen LogP) is 4.97. The van der Waals surface area contributed by atoms with Crippen LogP contribution in [-0.2, 0) is 4.74 Å². The molecule has 0 aliphatic heterocycles. The van der Waals surface area contributed by atoms with Crippen LogP contribution in [0.25, 0.3) is 11.3 Å². The fourth-order valence-electron chi connectivity index (χ4n) is 2.94. The quantitative estimate of drug-likeness (QED) is 0.634. The van der Waals surface area contributed by atoms with Gasteiger partial charge in [-0.1, -0.05) is 54.1 Å². The highest BCUT2D eigenvalue weighted by Gasteiger charge is 2.19. The van der Waals surface area contributed by atoms with Gasteiger partial charge in [0.05, 0.1) is 22.9 Å². The van der Waals surface area contributed by atoms with E-state index in [9.17, 15) is 9.90 Å². The van der Waals surface area contributed by atoms with Crippen molar-refractivity contribution in [1.29, 1.82) is 0 Å². The van der Waals surface area contributed by atoms with Crippen LogP contribution >= 0.6 is 11.6 Å². The Labute approximate surface area is 163 Å². The molecule has 0 aliphatic rings. The van der Waals surface area contributed by atoms with Gasteiger partial charge in [-0.3, -0.25) is 4.98 Å². The Kier molecular flexibility index (Phi) is 5.89. The number of hydrogen-bond acceptors (Lipinski definition) is 4. The molecular formula is C22H20ClNO3. The Hall–Kier alpha value is -2.69. The Balaban J connectivity index is 1.99. The molecule has 0 radical (unpaired) electrons. The van der Waals surface area contributed by atoms with Gasteiger partial charge in [0.2, 0.25) is 0 Å². The second-order valence-electron chi connectivity index (χ2n) is 6.12. The minimum absolute atomic E-state index is 0.295. The number of rotatable bonds is 5. The molecule has 0 bridgehead atoms. The van der Waals surface area contributed by atoms with E-state index in [4.69, 9.17) is 16.3 Å². The van der Waals surface area contributed by atoms with E-state index >= 15 is 0 Å². The molecular weight excluding hydrogens is 362 g/mol. The summed E-state index contributed by atoms with van der Waals surface area (Å²) < 4.78 is 5.11. The third-order valence-corrected chi connectivity index (χ3v) is 4.69. The van der Waals surface area contributed by atoms with E-state index in [1.165, 1.54) is 0 Å². The summed E-state index contributed by atoms with van der Waals surface area (Å²) >= 11 is 6.45. The molecule has 1 unspecified atom stereocenters. The highest BCUT2D eigenvalue weighted by atomic mass is 35.5. The van der Waals surface area contributed by atoms with Crippen molar-refractivity contribution in [2.24, 2.45) is 0 Å². The maximum Gasteiger partial charge on any atom is 0.338 e. The van der Waals surface area contributed by atoms with Gasteiger partial charge in [0.1, 0.15) is 6.10 Å². The number of carbonyl (C=O) groups excluding carboxylic acids is 1. The first-order chi connectivity index (χ1) is 13.0. The summed E-state index contributed by atoms with van der Waals surface area (Å²) in [6, 6.07) is 16.3. The molecule has 0 aliphatic carbocycles. The maximum atomic E-state index is 12.2. The fourth-order valence-corrected chi connectivity index (χ4v) is 3.20. The Bertz CT molecular complexity index is 971. The number of aromatic nitrogens is 1. The molecule has 3 aromatic rings. The number of aliphatic hydroxyl groups is 1. The molecule has 4 nitrogen and oxygen atoms in total. The summed E-state index contributed by atoms with van der Waals surface area (Å²) in [6.45, 7) is 3.99. The summed E-state index contributed by atoms with van der Waals surface area (Å²) in [4.78, 5) is 16.6. The predicted molar refractivity (Wildman–Crippen MR) is 106 cm³/mol. The van der Waals surface area contributed by atoms with Crippen molar-refractivity contribution >= 4 is 17.6 Å². The van der Waals surface area contributed by atoms with Crippen molar-refractivity contribution < 1.29 is 14.6 Å². The summed E-state index contributed by atoms with van der Waals surface area (Å²) in [6.07, 6.45) is 0.678. The summed E-state index contributed by atoms with van der Waals surface area (Å²) in [5.41, 5.74) is 3.87. The number of halogens is 1. The van der Waals surface area contributed by atoms with Crippen molar-refractivity contribution in [3.05, 3.63) is 88.1 Å². The van der Waals surface area contributed by atoms with E-state index in [1.54, 1.807) is 37.4 Å². The van der Waals surface area contributed by atoms with Crippen molar-refractivity contribution in [2.45, 2.75) is 20.0 Å². The van der Waals surface area contributed by atoms with Crippen molar-refractivity contribution in [2.75, 3.05) is 6.61 Å². The molecule has 0 saturated carbocycles. The average molecular weight is 382 g/mol. The van der Waals surface area contributed by atoms with Gasteiger partial charge in [0.15, 0.2) is 0 Å². The summed E-state index contributed by atoms with van der Waals surface area (Å²) in [5.74, 6) is -0.407. The number of ether oxygens (including phenoxy) is 1. The lowest BCUT2D eigenvalue weighted by Crippen LogP contribution is -2.07. The maximum absolute atomic E-state index is 12.2. The topological polar surface area (TPSA) is 59.4 Å². The van der Waals surface area contributed by atoms with E-state index in [1.807, 2.05) is 37.3 Å². The van der Waals surface area contributed by atoms with E-state index < -0.39 is 12.1 Å². The van der Waals surface area contributed by atoms with E-state index in [0.29, 0.717) is 34.0 Å². The van der Waals surface area contributed by atoms with Gasteiger partial charge in [-0.2, -0.15) is 0 Å². The molecule has 0 spiro atoms. The molecule has 0 fully saturated rings. The summed E-state index contributed by atoms with van der Waals surface area (Å²) in [7, 11) is 0. The van der Waals surface area contributed by atoms with Gasteiger partial charge in [0.25, 0.3) is 0 Å². The second kappa shape index (κ2) is 8.33. The van der Waals surface area contributed by atoms with Crippen LogP contribution in [0.2, 0.25) is 5.02 Å². The van der Waals surface area contributed by atoms with E-state index in [-0.39, 0.29) is 0 Å². The van der Waals surface area contributed by atoms with Crippen LogP contribution in [0, 0.1) is 6.92 Å². The Morgan fingerprint density at radius 1 is 1.15 bits per heavy atom. The molecule has 1 heterocycles. The number of aryl methyl sites for hydroxylation is 1. The first kappa shape index (κ1) is 19.1. The lowest BCUT2D eigenvalue weighted by molar-refractivity contribution is 0.0527. The molecule has 27 heavy (non-hydrogen) atoms. The van der Waals surface area contributed by atoms with Gasteiger partial charge >= 0.3 is 5.97 Å². The van der Waals surface area contributed by atoms with Gasteiger partial charge in [-0.15, -0.1) is 0 Å². The lowest BCUT2D eigenvalue weighted by atomic mass is 9.97. The van der Waals surface area contributed by atoms with Gasteiger partial charge < -0.3 is 9.84 Å². The molecule has 2 aromatic carbocycles. The van der Waals surface area contributed by atoms with Crippen LogP contribution in [0.3, 0.4) is 0 Å². The number of carbonyl (C=O) groups is 1. The Morgan fingerprint density at radius 3 is 2.56 bits per heavy atom. The van der Waals surface area contributed by atoms with Gasteiger partial charge in [0, 0.05) is 17.3 Å². The van der Waals surface area contributed by atoms with Crippen LogP contribution in [0.15, 0.2) is 60.8 Å². The average Bonchev–Trinajstić information content (AvgIpc) is 2.68. The third kappa shape index (κ3) is 4.02. The third-order valence-electron chi connectivity index (χ3n) is 4.36. The van der Waals surface area contributed by atoms with Crippen molar-refractivity contribution in [1.82, 2.24) is 4.98 Å². The first-order valence-corrected chi connectivity index (χ1v) is 9.06. The van der Waals surface area contributed by atoms with E-state index in [0.717, 1.165) is 11.1 Å². The van der Waals surface area contributed by atoms with Gasteiger partial charge in [-0.25, -0.2) is 4.79 Å². The van der Waals surface area contributed by atoms with Crippen LogP contribution in [0.1, 0.15) is 40.1 Å². The molecule has 1 atom stereocenters. The number of aliphatic hydroxyl groups excluding tert-OH is 1. The fraction of sp³-hybridized carbons (Fsp3) is 0.182. The molecule has 0 amide bonds. The molecule has 5 heteroatoms. The summed E-state index contributed by atoms with van der Waals surface area (Å²) in [5, 5.41) is 11.1. The van der Waals surface area contributed by atoms with Crippen LogP contribution in [0.4, 0.5) is 0 Å². The number of pyridine rings is 1. The SMILES string of the molecule is CCOC(=O)c1ccccc1-c1cc(Cl)c(C(O)c2ccccc2C)cn1. The van der Waals surface area contributed by atoms with Crippen LogP contribution in [0.5, 0.6) is 0 Å². The zero-order valence-corrected chi connectivity index (χ0v) is 15.9. The zero-order valence-electron chi connectivity index (χ0n) is 15.1. The zero-order chi connectivity index (χ0) is 19.4. The first-order valence-electron chi connectivity index (χ1n) is 8.68. The molecule has 1 aromatic heterocycles. The number of nitrogens with zero attached hydrogens (tertiary/aromatic N) is 1. The van der Waals surface area contributed by atoms with E-state index in [2.05, 4.69) is 4.98 Å². The molecule has 3 rings (SSSR count). The molecule has 1 N–H and O–H groups in total. The van der Waals surface area contributed by atoms with Crippen LogP contribution < -0.4 is 0 Å². The molecule has 138 valence electrons. The van der Waals surface area contributed by atoms with Gasteiger partial charge in [-0.05, 0) is 37.1 Å². The second-order valence-corrected chi connectivity index (χ2v) is 6.52. The highest BCUT2D eigenvalue weighted by molar-refractivity contribution is 6.31. The largest absolute Gasteiger partial charge is 0.462 e. The van der Waals surface area contributed by atoms with Crippen molar-refractivity contribution in [3.8, 4) is 11.3 Å². The monoisotopic (exact) mass is 381 g/mol. The highest BCUT2D eigenvalue weighted by Crippen LogP contribution is 2.32. The lowest BCUT2D eigenvalue weighted by Gasteiger charge is -2.16.